The van der Waals surface area contributed by atoms with Gasteiger partial charge in [-0.1, -0.05) is 12.7 Å². The topological polar surface area (TPSA) is 43.4 Å². The molecular formula is C13H14O3. The Balaban J connectivity index is 2.59. The second-order valence-corrected chi connectivity index (χ2v) is 3.25. The lowest BCUT2D eigenvalue weighted by Crippen LogP contribution is -1.99. The smallest absolute Gasteiger partial charge is 0.163 e. The standard InChI is InChI=1S/C13H14O3/c1-2-10-16-12-7-5-11(6-8-12)13(15)4-3-9-14/h2,5-9H,1,3-4,10H2. The Kier molecular flexibility index (Phi) is 4.99. The van der Waals surface area contributed by atoms with Crippen LogP contribution in [0.5, 0.6) is 5.75 Å². The van der Waals surface area contributed by atoms with Crippen molar-refractivity contribution in [3.05, 3.63) is 42.5 Å². The molecule has 3 heteroatoms. The van der Waals surface area contributed by atoms with Crippen molar-refractivity contribution in [3.63, 3.8) is 0 Å². The third kappa shape index (κ3) is 3.69. The number of Topliss-reactive ketones (excluding diaryl/α,β-unsaturated/α-hetero) is 1. The van der Waals surface area contributed by atoms with Crippen molar-refractivity contribution in [2.24, 2.45) is 0 Å². The molecule has 0 bridgehead atoms. The highest BCUT2D eigenvalue weighted by Gasteiger charge is 2.04. The number of ether oxygens (including phenoxy) is 1. The van der Waals surface area contributed by atoms with E-state index in [1.807, 2.05) is 0 Å². The first-order valence-electron chi connectivity index (χ1n) is 5.08. The van der Waals surface area contributed by atoms with E-state index in [4.69, 9.17) is 4.74 Å². The van der Waals surface area contributed by atoms with Gasteiger partial charge in [0.2, 0.25) is 0 Å². The Morgan fingerprint density at radius 3 is 2.56 bits per heavy atom. The number of rotatable bonds is 7. The van der Waals surface area contributed by atoms with Crippen LogP contribution in [0.2, 0.25) is 0 Å². The predicted molar refractivity (Wildman–Crippen MR) is 61.8 cm³/mol. The number of hydrogen-bond donors (Lipinski definition) is 0. The molecule has 3 nitrogen and oxygen atoms in total. The first-order valence-corrected chi connectivity index (χ1v) is 5.08. The Bertz CT molecular complexity index is 365. The fourth-order valence-electron chi connectivity index (χ4n) is 1.23. The Hall–Kier alpha value is -1.90. The molecule has 0 saturated heterocycles. The summed E-state index contributed by atoms with van der Waals surface area (Å²) in [6.07, 6.45) is 2.94. The summed E-state index contributed by atoms with van der Waals surface area (Å²) in [7, 11) is 0. The second kappa shape index (κ2) is 6.56. The lowest BCUT2D eigenvalue weighted by molar-refractivity contribution is -0.107. The van der Waals surface area contributed by atoms with Crippen LogP contribution in [0.15, 0.2) is 36.9 Å². The van der Waals surface area contributed by atoms with E-state index in [-0.39, 0.29) is 18.6 Å². The number of aldehydes is 1. The van der Waals surface area contributed by atoms with Gasteiger partial charge >= 0.3 is 0 Å². The third-order valence-electron chi connectivity index (χ3n) is 2.03. The molecule has 16 heavy (non-hydrogen) atoms. The summed E-state index contributed by atoms with van der Waals surface area (Å²) in [5.74, 6) is 0.675. The van der Waals surface area contributed by atoms with E-state index in [9.17, 15) is 9.59 Å². The summed E-state index contributed by atoms with van der Waals surface area (Å²) >= 11 is 0. The van der Waals surface area contributed by atoms with E-state index in [1.54, 1.807) is 30.3 Å². The first kappa shape index (κ1) is 12.2. The molecule has 0 saturated carbocycles. The van der Waals surface area contributed by atoms with Crippen LogP contribution in [0.4, 0.5) is 0 Å². The summed E-state index contributed by atoms with van der Waals surface area (Å²) in [6, 6.07) is 6.87. The molecule has 0 atom stereocenters. The first-order chi connectivity index (χ1) is 7.77. The van der Waals surface area contributed by atoms with Gasteiger partial charge in [-0.25, -0.2) is 0 Å². The average Bonchev–Trinajstić information content (AvgIpc) is 2.34. The largest absolute Gasteiger partial charge is 0.490 e. The van der Waals surface area contributed by atoms with Crippen molar-refractivity contribution in [1.29, 1.82) is 0 Å². The molecular weight excluding hydrogens is 204 g/mol. The van der Waals surface area contributed by atoms with Gasteiger partial charge in [-0.3, -0.25) is 4.79 Å². The number of ketones is 1. The van der Waals surface area contributed by atoms with Gasteiger partial charge in [0.25, 0.3) is 0 Å². The van der Waals surface area contributed by atoms with Crippen molar-refractivity contribution in [1.82, 2.24) is 0 Å². The van der Waals surface area contributed by atoms with Crippen molar-refractivity contribution >= 4 is 12.1 Å². The van der Waals surface area contributed by atoms with Gasteiger partial charge in [-0.2, -0.15) is 0 Å². The molecule has 0 N–H and O–H groups in total. The van der Waals surface area contributed by atoms with E-state index < -0.39 is 0 Å². The molecule has 84 valence electrons. The zero-order chi connectivity index (χ0) is 11.8. The minimum Gasteiger partial charge on any atom is -0.490 e. The molecule has 0 aliphatic rings. The fourth-order valence-corrected chi connectivity index (χ4v) is 1.23. The highest BCUT2D eigenvalue weighted by Crippen LogP contribution is 2.13. The van der Waals surface area contributed by atoms with Crippen LogP contribution in [0.1, 0.15) is 23.2 Å². The summed E-state index contributed by atoms with van der Waals surface area (Å²) in [5, 5.41) is 0. The number of carbonyl (C=O) groups is 2. The van der Waals surface area contributed by atoms with Gasteiger partial charge in [0.1, 0.15) is 18.6 Å². The van der Waals surface area contributed by atoms with Crippen molar-refractivity contribution in [3.8, 4) is 5.75 Å². The molecule has 0 spiro atoms. The summed E-state index contributed by atoms with van der Waals surface area (Å²) in [5.41, 5.74) is 0.604. The van der Waals surface area contributed by atoms with Gasteiger partial charge in [0.15, 0.2) is 5.78 Å². The van der Waals surface area contributed by atoms with E-state index in [0.717, 1.165) is 6.29 Å². The fraction of sp³-hybridized carbons (Fsp3) is 0.231. The van der Waals surface area contributed by atoms with Gasteiger partial charge in [-0.05, 0) is 24.3 Å². The average molecular weight is 218 g/mol. The molecule has 0 radical (unpaired) electrons. The zero-order valence-corrected chi connectivity index (χ0v) is 9.02. The van der Waals surface area contributed by atoms with E-state index in [2.05, 4.69) is 6.58 Å². The number of carbonyl (C=O) groups excluding carboxylic acids is 2. The van der Waals surface area contributed by atoms with Crippen molar-refractivity contribution in [2.45, 2.75) is 12.8 Å². The maximum absolute atomic E-state index is 11.5. The van der Waals surface area contributed by atoms with Crippen molar-refractivity contribution in [2.75, 3.05) is 6.61 Å². The van der Waals surface area contributed by atoms with Gasteiger partial charge < -0.3 is 9.53 Å². The SMILES string of the molecule is C=CCOc1ccc(C(=O)CCC=O)cc1. The molecule has 0 aromatic heterocycles. The lowest BCUT2D eigenvalue weighted by Gasteiger charge is -2.03. The minimum atomic E-state index is -0.0256. The molecule has 1 aromatic carbocycles. The molecule has 0 aliphatic heterocycles. The summed E-state index contributed by atoms with van der Waals surface area (Å²) in [4.78, 5) is 21.6. The van der Waals surface area contributed by atoms with Crippen LogP contribution < -0.4 is 4.74 Å². The molecule has 0 fully saturated rings. The van der Waals surface area contributed by atoms with Crippen LogP contribution in [0, 0.1) is 0 Å². The van der Waals surface area contributed by atoms with Crippen LogP contribution in [0.3, 0.4) is 0 Å². The Morgan fingerprint density at radius 2 is 2.00 bits per heavy atom. The normalized spacial score (nSPS) is 9.50. The lowest BCUT2D eigenvalue weighted by atomic mass is 10.1. The third-order valence-corrected chi connectivity index (χ3v) is 2.03. The van der Waals surface area contributed by atoms with E-state index >= 15 is 0 Å². The van der Waals surface area contributed by atoms with E-state index in [0.29, 0.717) is 17.9 Å². The van der Waals surface area contributed by atoms with Crippen LogP contribution >= 0.6 is 0 Å². The highest BCUT2D eigenvalue weighted by molar-refractivity contribution is 5.96. The zero-order valence-electron chi connectivity index (χ0n) is 9.02. The second-order valence-electron chi connectivity index (χ2n) is 3.25. The molecule has 1 rings (SSSR count). The summed E-state index contributed by atoms with van der Waals surface area (Å²) in [6.45, 7) is 3.99. The number of hydrogen-bond acceptors (Lipinski definition) is 3. The quantitative estimate of drug-likeness (QED) is 0.401. The van der Waals surface area contributed by atoms with Gasteiger partial charge in [0.05, 0.1) is 0 Å². The Labute approximate surface area is 94.7 Å². The molecule has 1 aromatic rings. The minimum absolute atomic E-state index is 0.0256. The number of benzene rings is 1. The van der Waals surface area contributed by atoms with Crippen LogP contribution in [-0.2, 0) is 4.79 Å². The predicted octanol–water partition coefficient (Wildman–Crippen LogP) is 2.41. The van der Waals surface area contributed by atoms with Crippen LogP contribution in [-0.4, -0.2) is 18.7 Å². The molecule has 0 unspecified atom stereocenters. The molecule has 0 heterocycles. The molecule has 0 aliphatic carbocycles. The maximum atomic E-state index is 11.5. The van der Waals surface area contributed by atoms with Gasteiger partial charge in [-0.15, -0.1) is 0 Å². The highest BCUT2D eigenvalue weighted by atomic mass is 16.5. The van der Waals surface area contributed by atoms with Gasteiger partial charge in [0, 0.05) is 18.4 Å². The maximum Gasteiger partial charge on any atom is 0.163 e. The monoisotopic (exact) mass is 218 g/mol. The van der Waals surface area contributed by atoms with Crippen molar-refractivity contribution < 1.29 is 14.3 Å². The summed E-state index contributed by atoms with van der Waals surface area (Å²) < 4.78 is 5.29. The van der Waals surface area contributed by atoms with E-state index in [1.165, 1.54) is 0 Å². The molecule has 0 amide bonds. The Morgan fingerprint density at radius 1 is 1.31 bits per heavy atom. The van der Waals surface area contributed by atoms with Crippen LogP contribution in [0.25, 0.3) is 0 Å².